The normalized spacial score (nSPS) is 11.0. The summed E-state index contributed by atoms with van der Waals surface area (Å²) < 4.78 is 23.3. The van der Waals surface area contributed by atoms with E-state index in [1.807, 2.05) is 0 Å². The summed E-state index contributed by atoms with van der Waals surface area (Å²) in [6, 6.07) is 15.3. The molecule has 2 aromatic carbocycles. The molecule has 2 amide bonds. The third kappa shape index (κ3) is 4.85. The largest absolute Gasteiger partial charge is 0.497 e. The van der Waals surface area contributed by atoms with Crippen molar-refractivity contribution in [1.29, 1.82) is 0 Å². The molecule has 2 N–H and O–H groups in total. The Labute approximate surface area is 160 Å². The monoisotopic (exact) mass is 380 g/mol. The summed E-state index contributed by atoms with van der Waals surface area (Å²) in [6.45, 7) is 0. The first-order valence-electron chi connectivity index (χ1n) is 8.32. The van der Waals surface area contributed by atoms with Crippen LogP contribution in [0.1, 0.15) is 16.1 Å². The van der Waals surface area contributed by atoms with Gasteiger partial charge in [0.05, 0.1) is 13.4 Å². The van der Waals surface area contributed by atoms with Gasteiger partial charge in [-0.3, -0.25) is 9.59 Å². The Morgan fingerprint density at radius 2 is 1.75 bits per heavy atom. The van der Waals surface area contributed by atoms with Gasteiger partial charge in [-0.15, -0.1) is 0 Å². The van der Waals surface area contributed by atoms with Crippen molar-refractivity contribution in [2.24, 2.45) is 0 Å². The minimum atomic E-state index is -0.580. The van der Waals surface area contributed by atoms with Gasteiger partial charge < -0.3 is 19.8 Å². The van der Waals surface area contributed by atoms with E-state index in [0.29, 0.717) is 17.0 Å². The molecule has 142 valence electrons. The fourth-order valence-corrected chi connectivity index (χ4v) is 2.35. The molecule has 0 atom stereocenters. The predicted molar refractivity (Wildman–Crippen MR) is 102 cm³/mol. The summed E-state index contributed by atoms with van der Waals surface area (Å²) in [5, 5.41) is 5.22. The summed E-state index contributed by atoms with van der Waals surface area (Å²) in [5.41, 5.74) is 1.04. The summed E-state index contributed by atoms with van der Waals surface area (Å²) >= 11 is 0. The average Bonchev–Trinajstić information content (AvgIpc) is 3.24. The van der Waals surface area contributed by atoms with Gasteiger partial charge in [0.15, 0.2) is 5.76 Å². The molecular weight excluding hydrogens is 363 g/mol. The van der Waals surface area contributed by atoms with Gasteiger partial charge in [0.2, 0.25) is 0 Å². The van der Waals surface area contributed by atoms with Crippen molar-refractivity contribution in [2.45, 2.75) is 0 Å². The van der Waals surface area contributed by atoms with E-state index in [2.05, 4.69) is 10.6 Å². The Morgan fingerprint density at radius 1 is 1.04 bits per heavy atom. The van der Waals surface area contributed by atoms with Gasteiger partial charge in [-0.2, -0.15) is 0 Å². The molecule has 0 aliphatic heterocycles. The first-order valence-corrected chi connectivity index (χ1v) is 8.32. The Bertz CT molecular complexity index is 978. The van der Waals surface area contributed by atoms with E-state index in [1.54, 1.807) is 37.4 Å². The molecule has 1 heterocycles. The Kier molecular flexibility index (Phi) is 5.86. The maximum atomic E-state index is 13.1. The minimum Gasteiger partial charge on any atom is -0.497 e. The van der Waals surface area contributed by atoms with E-state index in [-0.39, 0.29) is 11.5 Å². The number of anilines is 1. The number of ether oxygens (including phenoxy) is 1. The van der Waals surface area contributed by atoms with Crippen LogP contribution in [0.2, 0.25) is 0 Å². The van der Waals surface area contributed by atoms with Crippen LogP contribution in [-0.2, 0) is 4.79 Å². The molecule has 3 aromatic rings. The van der Waals surface area contributed by atoms with Gasteiger partial charge in [0.1, 0.15) is 17.3 Å². The zero-order valence-electron chi connectivity index (χ0n) is 14.9. The number of furan rings is 1. The van der Waals surface area contributed by atoms with Crippen LogP contribution in [0.25, 0.3) is 6.08 Å². The third-order valence-corrected chi connectivity index (χ3v) is 3.77. The highest BCUT2D eigenvalue weighted by Crippen LogP contribution is 2.16. The smallest absolute Gasteiger partial charge is 0.291 e. The van der Waals surface area contributed by atoms with Crippen LogP contribution in [0.5, 0.6) is 5.75 Å². The second-order valence-electron chi connectivity index (χ2n) is 5.72. The highest BCUT2D eigenvalue weighted by molar-refractivity contribution is 6.10. The molecule has 7 heteroatoms. The average molecular weight is 380 g/mol. The van der Waals surface area contributed by atoms with Crippen molar-refractivity contribution in [1.82, 2.24) is 5.32 Å². The molecule has 0 radical (unpaired) electrons. The van der Waals surface area contributed by atoms with Crippen molar-refractivity contribution in [3.8, 4) is 5.75 Å². The number of carbonyl (C=O) groups is 2. The van der Waals surface area contributed by atoms with Gasteiger partial charge >= 0.3 is 0 Å². The Balaban J connectivity index is 1.84. The molecule has 28 heavy (non-hydrogen) atoms. The number of halogens is 1. The molecule has 0 spiro atoms. The topological polar surface area (TPSA) is 80.6 Å². The summed E-state index contributed by atoms with van der Waals surface area (Å²) in [6.07, 6.45) is 2.80. The lowest BCUT2D eigenvalue weighted by molar-refractivity contribution is -0.113. The second-order valence-corrected chi connectivity index (χ2v) is 5.72. The first-order chi connectivity index (χ1) is 13.5. The fourth-order valence-electron chi connectivity index (χ4n) is 2.35. The minimum absolute atomic E-state index is 0.0242. The Hall–Kier alpha value is -3.87. The highest BCUT2D eigenvalue weighted by atomic mass is 19.1. The molecule has 0 aliphatic carbocycles. The molecule has 6 nitrogen and oxygen atoms in total. The lowest BCUT2D eigenvalue weighted by Crippen LogP contribution is -2.30. The van der Waals surface area contributed by atoms with E-state index in [9.17, 15) is 14.0 Å². The van der Waals surface area contributed by atoms with Crippen LogP contribution < -0.4 is 15.4 Å². The van der Waals surface area contributed by atoms with Crippen LogP contribution in [-0.4, -0.2) is 18.9 Å². The van der Waals surface area contributed by atoms with Gasteiger partial charge in [-0.05, 0) is 60.2 Å². The molecule has 0 unspecified atom stereocenters. The van der Waals surface area contributed by atoms with Crippen LogP contribution in [0.3, 0.4) is 0 Å². The predicted octanol–water partition coefficient (Wildman–Crippen LogP) is 3.84. The summed E-state index contributed by atoms with van der Waals surface area (Å²) in [5.74, 6) is -0.827. The van der Waals surface area contributed by atoms with E-state index >= 15 is 0 Å². The number of nitrogens with one attached hydrogen (secondary N) is 2. The number of rotatable bonds is 6. The molecular formula is C21H17FN2O4. The molecule has 0 saturated heterocycles. The number of benzene rings is 2. The summed E-state index contributed by atoms with van der Waals surface area (Å²) in [4.78, 5) is 25.0. The van der Waals surface area contributed by atoms with Gasteiger partial charge in [-0.25, -0.2) is 4.39 Å². The van der Waals surface area contributed by atoms with Crippen molar-refractivity contribution in [3.05, 3.63) is 89.8 Å². The Morgan fingerprint density at radius 3 is 2.36 bits per heavy atom. The summed E-state index contributed by atoms with van der Waals surface area (Å²) in [7, 11) is 1.54. The zero-order valence-corrected chi connectivity index (χ0v) is 14.9. The molecule has 1 aromatic heterocycles. The van der Waals surface area contributed by atoms with E-state index in [1.165, 1.54) is 42.7 Å². The van der Waals surface area contributed by atoms with Gasteiger partial charge in [0.25, 0.3) is 11.8 Å². The molecule has 0 saturated carbocycles. The fraction of sp³-hybridized carbons (Fsp3) is 0.0476. The van der Waals surface area contributed by atoms with E-state index < -0.39 is 17.6 Å². The van der Waals surface area contributed by atoms with Gasteiger partial charge in [-0.1, -0.05) is 12.1 Å². The number of amides is 2. The highest BCUT2D eigenvalue weighted by Gasteiger charge is 2.16. The van der Waals surface area contributed by atoms with E-state index in [4.69, 9.17) is 9.15 Å². The quantitative estimate of drug-likeness (QED) is 0.637. The lowest BCUT2D eigenvalue weighted by Gasteiger charge is -2.11. The zero-order chi connectivity index (χ0) is 19.9. The maximum Gasteiger partial charge on any atom is 0.291 e. The third-order valence-electron chi connectivity index (χ3n) is 3.77. The van der Waals surface area contributed by atoms with Crippen molar-refractivity contribution < 1.29 is 23.1 Å². The van der Waals surface area contributed by atoms with Crippen LogP contribution >= 0.6 is 0 Å². The number of hydrogen-bond acceptors (Lipinski definition) is 4. The first kappa shape index (κ1) is 18.9. The van der Waals surface area contributed by atoms with Crippen LogP contribution in [0, 0.1) is 5.82 Å². The standard InChI is InChI=1S/C21H17FN2O4/c1-27-17-10-8-16(9-11-17)23-20(25)18(13-14-4-6-15(22)7-5-14)24-21(26)19-3-2-12-28-19/h2-13H,1H3,(H,23,25)(H,24,26)/b18-13+. The molecule has 0 aliphatic rings. The van der Waals surface area contributed by atoms with Crippen molar-refractivity contribution in [3.63, 3.8) is 0 Å². The van der Waals surface area contributed by atoms with Crippen LogP contribution in [0.4, 0.5) is 10.1 Å². The van der Waals surface area contributed by atoms with E-state index in [0.717, 1.165) is 0 Å². The van der Waals surface area contributed by atoms with Crippen LogP contribution in [0.15, 0.2) is 77.0 Å². The second kappa shape index (κ2) is 8.68. The maximum absolute atomic E-state index is 13.1. The lowest BCUT2D eigenvalue weighted by atomic mass is 10.1. The van der Waals surface area contributed by atoms with Crippen molar-refractivity contribution >= 4 is 23.6 Å². The SMILES string of the molecule is COc1ccc(NC(=O)/C(=C\c2ccc(F)cc2)NC(=O)c2ccco2)cc1. The molecule has 0 bridgehead atoms. The molecule has 0 fully saturated rings. The molecule has 3 rings (SSSR count). The number of methoxy groups -OCH3 is 1. The van der Waals surface area contributed by atoms with Crippen molar-refractivity contribution in [2.75, 3.05) is 12.4 Å². The number of carbonyl (C=O) groups excluding carboxylic acids is 2. The van der Waals surface area contributed by atoms with Gasteiger partial charge in [0, 0.05) is 5.69 Å². The number of hydrogen-bond donors (Lipinski definition) is 2.